The Hall–Kier alpha value is -1.84. The van der Waals surface area contributed by atoms with E-state index < -0.39 is 0 Å². The van der Waals surface area contributed by atoms with E-state index in [1.54, 1.807) is 12.1 Å². The van der Waals surface area contributed by atoms with Crippen LogP contribution in [0.4, 0.5) is 4.39 Å². The molecule has 1 aromatic carbocycles. The van der Waals surface area contributed by atoms with Gasteiger partial charge in [-0.2, -0.15) is 0 Å². The summed E-state index contributed by atoms with van der Waals surface area (Å²) in [6, 6.07) is 6.85. The molecule has 0 saturated carbocycles. The van der Waals surface area contributed by atoms with Crippen LogP contribution in [0.15, 0.2) is 24.3 Å². The van der Waals surface area contributed by atoms with E-state index in [9.17, 15) is 9.18 Å². The molecule has 0 unspecified atom stereocenters. The second kappa shape index (κ2) is 4.12. The van der Waals surface area contributed by atoms with Gasteiger partial charge in [0.05, 0.1) is 19.0 Å². The van der Waals surface area contributed by atoms with Crippen LogP contribution in [0.25, 0.3) is 10.9 Å². The van der Waals surface area contributed by atoms with Crippen molar-refractivity contribution in [3.8, 4) is 0 Å². The summed E-state index contributed by atoms with van der Waals surface area (Å²) in [5, 5.41) is 1.03. The molecule has 0 spiro atoms. The highest BCUT2D eigenvalue weighted by atomic mass is 19.1. The Morgan fingerprint density at radius 1 is 1.50 bits per heavy atom. The van der Waals surface area contributed by atoms with Gasteiger partial charge >= 0.3 is 5.97 Å². The number of aromatic nitrogens is 1. The van der Waals surface area contributed by atoms with Crippen LogP contribution in [0.2, 0.25) is 0 Å². The van der Waals surface area contributed by atoms with Gasteiger partial charge in [-0.25, -0.2) is 4.39 Å². The summed E-state index contributed by atoms with van der Waals surface area (Å²) >= 11 is 0. The van der Waals surface area contributed by atoms with Crippen LogP contribution >= 0.6 is 0 Å². The number of carbonyl (C=O) groups excluding carboxylic acids is 1. The highest BCUT2D eigenvalue weighted by molar-refractivity contribution is 5.82. The third-order valence-electron chi connectivity index (χ3n) is 3.66. The molecule has 2 heterocycles. The van der Waals surface area contributed by atoms with Gasteiger partial charge in [-0.1, -0.05) is 0 Å². The van der Waals surface area contributed by atoms with Crippen LogP contribution in [0, 0.1) is 5.82 Å². The van der Waals surface area contributed by atoms with E-state index in [2.05, 4.69) is 10.6 Å². The number of ether oxygens (including phenoxy) is 1. The van der Waals surface area contributed by atoms with Crippen molar-refractivity contribution in [3.05, 3.63) is 35.8 Å². The number of fused-ring (bicyclic) bond motifs is 3. The van der Waals surface area contributed by atoms with Crippen molar-refractivity contribution in [2.24, 2.45) is 0 Å². The van der Waals surface area contributed by atoms with Crippen molar-refractivity contribution in [1.29, 1.82) is 0 Å². The molecule has 0 bridgehead atoms. The maximum Gasteiger partial charge on any atom is 0.306 e. The molecule has 0 aliphatic carbocycles. The van der Waals surface area contributed by atoms with Gasteiger partial charge < -0.3 is 9.30 Å². The number of halogens is 1. The highest BCUT2D eigenvalue weighted by Crippen LogP contribution is 2.36. The standard InChI is InChI=1S/C14H14FNO2/c1-18-14(17)7-10-4-5-16-12(10)6-9-2-3-11(15)8-13(9)16/h2-3,6,8,10H,4-5,7H2,1H3/t10-/m0/s1. The molecule has 0 N–H and O–H groups in total. The van der Waals surface area contributed by atoms with Gasteiger partial charge in [-0.15, -0.1) is 0 Å². The second-order valence-corrected chi connectivity index (χ2v) is 4.69. The first kappa shape index (κ1) is 11.3. The number of esters is 1. The largest absolute Gasteiger partial charge is 0.469 e. The third-order valence-corrected chi connectivity index (χ3v) is 3.66. The molecule has 94 valence electrons. The minimum absolute atomic E-state index is 0.188. The van der Waals surface area contributed by atoms with E-state index in [0.717, 1.165) is 29.6 Å². The first-order valence-corrected chi connectivity index (χ1v) is 6.04. The van der Waals surface area contributed by atoms with E-state index in [1.807, 2.05) is 0 Å². The third kappa shape index (κ3) is 1.68. The predicted molar refractivity (Wildman–Crippen MR) is 65.9 cm³/mol. The molecule has 3 nitrogen and oxygen atoms in total. The predicted octanol–water partition coefficient (Wildman–Crippen LogP) is 2.83. The van der Waals surface area contributed by atoms with Gasteiger partial charge in [0.25, 0.3) is 0 Å². The Balaban J connectivity index is 2.01. The molecule has 2 aromatic rings. The summed E-state index contributed by atoms with van der Waals surface area (Å²) in [5.74, 6) is -0.224. The maximum absolute atomic E-state index is 13.3. The molecule has 0 radical (unpaired) electrons. The molecule has 1 aliphatic heterocycles. The molecule has 4 heteroatoms. The SMILES string of the molecule is COC(=O)C[C@@H]1CCn2c1cc1ccc(F)cc12. The molecular formula is C14H14FNO2. The van der Waals surface area contributed by atoms with Gasteiger partial charge in [0.1, 0.15) is 5.82 Å². The van der Waals surface area contributed by atoms with Crippen LogP contribution in [0.1, 0.15) is 24.5 Å². The van der Waals surface area contributed by atoms with Crippen molar-refractivity contribution in [2.45, 2.75) is 25.3 Å². The van der Waals surface area contributed by atoms with Crippen molar-refractivity contribution in [2.75, 3.05) is 7.11 Å². The number of methoxy groups -OCH3 is 1. The van der Waals surface area contributed by atoms with E-state index in [-0.39, 0.29) is 17.7 Å². The molecule has 1 aliphatic rings. The van der Waals surface area contributed by atoms with Crippen molar-refractivity contribution < 1.29 is 13.9 Å². The summed E-state index contributed by atoms with van der Waals surface area (Å²) in [6.07, 6.45) is 1.31. The molecular weight excluding hydrogens is 233 g/mol. The summed E-state index contributed by atoms with van der Waals surface area (Å²) in [4.78, 5) is 11.4. The fourth-order valence-corrected chi connectivity index (χ4v) is 2.76. The number of aryl methyl sites for hydroxylation is 1. The Morgan fingerprint density at radius 2 is 2.33 bits per heavy atom. The van der Waals surface area contributed by atoms with Crippen molar-refractivity contribution in [1.82, 2.24) is 4.57 Å². The van der Waals surface area contributed by atoms with E-state index >= 15 is 0 Å². The van der Waals surface area contributed by atoms with Gasteiger partial charge in [0, 0.05) is 23.5 Å². The smallest absolute Gasteiger partial charge is 0.306 e. The number of hydrogen-bond acceptors (Lipinski definition) is 2. The normalized spacial score (nSPS) is 18.0. The zero-order valence-corrected chi connectivity index (χ0v) is 10.1. The molecule has 0 amide bonds. The van der Waals surface area contributed by atoms with Gasteiger partial charge in [0.2, 0.25) is 0 Å². The quantitative estimate of drug-likeness (QED) is 0.764. The maximum atomic E-state index is 13.3. The summed E-state index contributed by atoms with van der Waals surface area (Å²) in [5.41, 5.74) is 2.03. The van der Waals surface area contributed by atoms with Crippen molar-refractivity contribution >= 4 is 16.9 Å². The zero-order chi connectivity index (χ0) is 12.7. The van der Waals surface area contributed by atoms with Crippen LogP contribution in [-0.2, 0) is 16.1 Å². The Morgan fingerprint density at radius 3 is 3.11 bits per heavy atom. The first-order valence-electron chi connectivity index (χ1n) is 6.04. The molecule has 18 heavy (non-hydrogen) atoms. The number of hydrogen-bond donors (Lipinski definition) is 0. The van der Waals surface area contributed by atoms with E-state index in [0.29, 0.717) is 6.42 Å². The molecule has 1 aromatic heterocycles. The first-order chi connectivity index (χ1) is 8.69. The van der Waals surface area contributed by atoms with Crippen LogP contribution in [0.5, 0.6) is 0 Å². The average molecular weight is 247 g/mol. The lowest BCUT2D eigenvalue weighted by atomic mass is 10.0. The lowest BCUT2D eigenvalue weighted by Gasteiger charge is -2.06. The van der Waals surface area contributed by atoms with E-state index in [1.165, 1.54) is 13.2 Å². The average Bonchev–Trinajstić information content (AvgIpc) is 2.90. The van der Waals surface area contributed by atoms with Gasteiger partial charge in [0.15, 0.2) is 0 Å². The minimum Gasteiger partial charge on any atom is -0.469 e. The van der Waals surface area contributed by atoms with Crippen LogP contribution in [0.3, 0.4) is 0 Å². The number of rotatable bonds is 2. The lowest BCUT2D eigenvalue weighted by molar-refractivity contribution is -0.141. The molecule has 0 saturated heterocycles. The van der Waals surface area contributed by atoms with Gasteiger partial charge in [-0.3, -0.25) is 4.79 Å². The van der Waals surface area contributed by atoms with Crippen LogP contribution in [-0.4, -0.2) is 17.6 Å². The number of carbonyl (C=O) groups is 1. The summed E-state index contributed by atoms with van der Waals surface area (Å²) in [7, 11) is 1.40. The number of nitrogens with zero attached hydrogens (tertiary/aromatic N) is 1. The fraction of sp³-hybridized carbons (Fsp3) is 0.357. The molecule has 1 atom stereocenters. The molecule has 0 fully saturated rings. The van der Waals surface area contributed by atoms with E-state index in [4.69, 9.17) is 4.74 Å². The fourth-order valence-electron chi connectivity index (χ4n) is 2.76. The zero-order valence-electron chi connectivity index (χ0n) is 10.1. The summed E-state index contributed by atoms with van der Waals surface area (Å²) in [6.45, 7) is 0.837. The number of benzene rings is 1. The summed E-state index contributed by atoms with van der Waals surface area (Å²) < 4.78 is 20.1. The molecule has 3 rings (SSSR count). The second-order valence-electron chi connectivity index (χ2n) is 4.69. The minimum atomic E-state index is -0.222. The highest BCUT2D eigenvalue weighted by Gasteiger charge is 2.27. The van der Waals surface area contributed by atoms with Crippen LogP contribution < -0.4 is 0 Å². The Labute approximate surface area is 104 Å². The van der Waals surface area contributed by atoms with Crippen molar-refractivity contribution in [3.63, 3.8) is 0 Å². The monoisotopic (exact) mass is 247 g/mol. The van der Waals surface area contributed by atoms with Gasteiger partial charge in [-0.05, 0) is 30.7 Å². The Bertz CT molecular complexity index is 618. The topological polar surface area (TPSA) is 31.2 Å². The Kier molecular flexibility index (Phi) is 2.58. The lowest BCUT2D eigenvalue weighted by Crippen LogP contribution is -2.06.